The van der Waals surface area contributed by atoms with Crippen LogP contribution in [-0.4, -0.2) is 17.6 Å². The summed E-state index contributed by atoms with van der Waals surface area (Å²) in [6.45, 7) is 2.47. The number of rotatable bonds is 4. The third kappa shape index (κ3) is 2.73. The third-order valence-corrected chi connectivity index (χ3v) is 1.79. The van der Waals surface area contributed by atoms with Crippen LogP contribution in [0.4, 0.5) is 5.82 Å². The van der Waals surface area contributed by atoms with Gasteiger partial charge >= 0.3 is 5.97 Å². The van der Waals surface area contributed by atoms with Crippen molar-refractivity contribution < 1.29 is 9.53 Å². The zero-order chi connectivity index (χ0) is 10.4. The molecule has 0 bridgehead atoms. The molecule has 1 aromatic heterocycles. The largest absolute Gasteiger partial charge is 0.462 e. The molecule has 0 atom stereocenters. The minimum Gasteiger partial charge on any atom is -0.462 e. The number of hydrogen-bond donors (Lipinski definition) is 1. The van der Waals surface area contributed by atoms with Gasteiger partial charge in [-0.1, -0.05) is 13.3 Å². The van der Waals surface area contributed by atoms with E-state index in [2.05, 4.69) is 4.98 Å². The van der Waals surface area contributed by atoms with Crippen molar-refractivity contribution in [2.75, 3.05) is 12.3 Å². The van der Waals surface area contributed by atoms with Crippen LogP contribution in [-0.2, 0) is 4.74 Å². The summed E-state index contributed by atoms with van der Waals surface area (Å²) in [6, 6.07) is 3.27. The van der Waals surface area contributed by atoms with E-state index in [1.807, 2.05) is 6.92 Å². The molecule has 0 radical (unpaired) electrons. The number of nitrogen functional groups attached to an aromatic ring is 1. The molecule has 0 aliphatic carbocycles. The third-order valence-electron chi connectivity index (χ3n) is 1.79. The summed E-state index contributed by atoms with van der Waals surface area (Å²) in [5.74, 6) is -0.182. The predicted octanol–water partition coefficient (Wildman–Crippen LogP) is 1.62. The Labute approximate surface area is 83.1 Å². The fourth-order valence-corrected chi connectivity index (χ4v) is 0.977. The molecule has 1 heterocycles. The lowest BCUT2D eigenvalue weighted by Gasteiger charge is -2.04. The Morgan fingerprint density at radius 2 is 2.43 bits per heavy atom. The molecular weight excluding hydrogens is 180 g/mol. The Hall–Kier alpha value is -1.58. The summed E-state index contributed by atoms with van der Waals surface area (Å²) in [7, 11) is 0. The lowest BCUT2D eigenvalue weighted by molar-refractivity contribution is 0.0500. The highest BCUT2D eigenvalue weighted by Gasteiger charge is 2.10. The minimum absolute atomic E-state index is 0.217. The van der Waals surface area contributed by atoms with Crippen molar-refractivity contribution in [2.24, 2.45) is 0 Å². The number of pyridine rings is 1. The fourth-order valence-electron chi connectivity index (χ4n) is 0.977. The summed E-state index contributed by atoms with van der Waals surface area (Å²) < 4.78 is 4.99. The molecule has 1 rings (SSSR count). The van der Waals surface area contributed by atoms with E-state index in [0.717, 1.165) is 12.8 Å². The van der Waals surface area contributed by atoms with Crippen molar-refractivity contribution in [1.82, 2.24) is 4.98 Å². The quantitative estimate of drug-likeness (QED) is 0.584. The highest BCUT2D eigenvalue weighted by atomic mass is 16.5. The summed E-state index contributed by atoms with van der Waals surface area (Å²) in [4.78, 5) is 15.2. The van der Waals surface area contributed by atoms with Crippen LogP contribution in [0.2, 0.25) is 0 Å². The first-order valence-corrected chi connectivity index (χ1v) is 4.63. The van der Waals surface area contributed by atoms with Gasteiger partial charge in [-0.25, -0.2) is 9.78 Å². The van der Waals surface area contributed by atoms with Gasteiger partial charge in [0.25, 0.3) is 0 Å². The number of ether oxygens (including phenoxy) is 1. The maximum absolute atomic E-state index is 11.4. The zero-order valence-electron chi connectivity index (χ0n) is 8.19. The first-order valence-electron chi connectivity index (χ1n) is 4.63. The van der Waals surface area contributed by atoms with Gasteiger partial charge in [0.2, 0.25) is 0 Å². The molecule has 2 N–H and O–H groups in total. The molecule has 0 saturated heterocycles. The maximum atomic E-state index is 11.4. The van der Waals surface area contributed by atoms with Gasteiger partial charge in [0, 0.05) is 6.20 Å². The van der Waals surface area contributed by atoms with Crippen LogP contribution in [0.1, 0.15) is 30.1 Å². The van der Waals surface area contributed by atoms with Crippen LogP contribution < -0.4 is 5.73 Å². The highest BCUT2D eigenvalue weighted by Crippen LogP contribution is 2.08. The predicted molar refractivity (Wildman–Crippen MR) is 53.8 cm³/mol. The second-order valence-electron chi connectivity index (χ2n) is 2.93. The molecule has 0 aliphatic rings. The second-order valence-corrected chi connectivity index (χ2v) is 2.93. The zero-order valence-corrected chi connectivity index (χ0v) is 8.19. The summed E-state index contributed by atoms with van der Waals surface area (Å²) in [6.07, 6.45) is 3.40. The van der Waals surface area contributed by atoms with Gasteiger partial charge in [-0.2, -0.15) is 0 Å². The van der Waals surface area contributed by atoms with Crippen molar-refractivity contribution in [3.8, 4) is 0 Å². The molecule has 4 nitrogen and oxygen atoms in total. The SMILES string of the molecule is CCCCOC(=O)c1cccnc1N. The van der Waals surface area contributed by atoms with Gasteiger partial charge in [0.1, 0.15) is 11.4 Å². The number of carbonyl (C=O) groups excluding carboxylic acids is 1. The van der Waals surface area contributed by atoms with Crippen molar-refractivity contribution in [3.63, 3.8) is 0 Å². The van der Waals surface area contributed by atoms with Crippen LogP contribution in [0.5, 0.6) is 0 Å². The maximum Gasteiger partial charge on any atom is 0.341 e. The smallest absolute Gasteiger partial charge is 0.341 e. The Morgan fingerprint density at radius 3 is 3.07 bits per heavy atom. The summed E-state index contributed by atoms with van der Waals surface area (Å²) in [5, 5.41) is 0. The van der Waals surface area contributed by atoms with E-state index in [-0.39, 0.29) is 5.82 Å². The standard InChI is InChI=1S/C10H14N2O2/c1-2-3-7-14-10(13)8-5-4-6-12-9(8)11/h4-6H,2-3,7H2,1H3,(H2,11,12). The van der Waals surface area contributed by atoms with Crippen molar-refractivity contribution in [1.29, 1.82) is 0 Å². The van der Waals surface area contributed by atoms with Crippen LogP contribution in [0.15, 0.2) is 18.3 Å². The van der Waals surface area contributed by atoms with E-state index in [1.54, 1.807) is 12.1 Å². The first kappa shape index (κ1) is 10.5. The minimum atomic E-state index is -0.399. The van der Waals surface area contributed by atoms with Crippen molar-refractivity contribution in [2.45, 2.75) is 19.8 Å². The molecule has 0 amide bonds. The fraction of sp³-hybridized carbons (Fsp3) is 0.400. The van der Waals surface area contributed by atoms with E-state index in [0.29, 0.717) is 12.2 Å². The van der Waals surface area contributed by atoms with Crippen LogP contribution in [0.25, 0.3) is 0 Å². The topological polar surface area (TPSA) is 65.2 Å². The molecular formula is C10H14N2O2. The molecule has 0 fully saturated rings. The highest BCUT2D eigenvalue weighted by molar-refractivity contribution is 5.93. The van der Waals surface area contributed by atoms with Gasteiger partial charge < -0.3 is 10.5 Å². The Bertz CT molecular complexity index is 313. The van der Waals surface area contributed by atoms with Crippen LogP contribution >= 0.6 is 0 Å². The molecule has 0 aliphatic heterocycles. The average Bonchev–Trinajstić information content (AvgIpc) is 2.18. The van der Waals surface area contributed by atoms with Gasteiger partial charge in [-0.05, 0) is 18.6 Å². The normalized spacial score (nSPS) is 9.79. The number of hydrogen-bond acceptors (Lipinski definition) is 4. The average molecular weight is 194 g/mol. The van der Waals surface area contributed by atoms with E-state index >= 15 is 0 Å². The van der Waals surface area contributed by atoms with Gasteiger partial charge in [-0.15, -0.1) is 0 Å². The Balaban J connectivity index is 2.56. The monoisotopic (exact) mass is 194 g/mol. The number of anilines is 1. The first-order chi connectivity index (χ1) is 6.75. The number of nitrogens with zero attached hydrogens (tertiary/aromatic N) is 1. The van der Waals surface area contributed by atoms with Crippen LogP contribution in [0, 0.1) is 0 Å². The number of aromatic nitrogens is 1. The number of esters is 1. The van der Waals surface area contributed by atoms with Gasteiger partial charge in [0.05, 0.1) is 6.61 Å². The summed E-state index contributed by atoms with van der Waals surface area (Å²) >= 11 is 0. The van der Waals surface area contributed by atoms with E-state index in [9.17, 15) is 4.79 Å². The molecule has 76 valence electrons. The van der Waals surface area contributed by atoms with E-state index < -0.39 is 5.97 Å². The lowest BCUT2D eigenvalue weighted by Crippen LogP contribution is -2.09. The van der Waals surface area contributed by atoms with E-state index in [4.69, 9.17) is 10.5 Å². The molecule has 0 saturated carbocycles. The number of unbranched alkanes of at least 4 members (excludes halogenated alkanes) is 1. The summed E-state index contributed by atoms with van der Waals surface area (Å²) in [5.41, 5.74) is 5.85. The van der Waals surface area contributed by atoms with Gasteiger partial charge in [-0.3, -0.25) is 0 Å². The number of nitrogens with two attached hydrogens (primary N) is 1. The molecule has 14 heavy (non-hydrogen) atoms. The molecule has 1 aromatic rings. The Morgan fingerprint density at radius 1 is 1.64 bits per heavy atom. The van der Waals surface area contributed by atoms with Crippen molar-refractivity contribution in [3.05, 3.63) is 23.9 Å². The van der Waals surface area contributed by atoms with Crippen molar-refractivity contribution >= 4 is 11.8 Å². The van der Waals surface area contributed by atoms with E-state index in [1.165, 1.54) is 6.20 Å². The molecule has 4 heteroatoms. The molecule has 0 spiro atoms. The van der Waals surface area contributed by atoms with Crippen LogP contribution in [0.3, 0.4) is 0 Å². The number of carbonyl (C=O) groups is 1. The van der Waals surface area contributed by atoms with Gasteiger partial charge in [0.15, 0.2) is 0 Å². The molecule has 0 unspecified atom stereocenters. The second kappa shape index (κ2) is 5.21. The lowest BCUT2D eigenvalue weighted by atomic mass is 10.2. The Kier molecular flexibility index (Phi) is 3.91. The molecule has 0 aromatic carbocycles.